The van der Waals surface area contributed by atoms with Crippen LogP contribution in [0.15, 0.2) is 29.4 Å². The number of oxime groups is 1. The molecule has 0 bridgehead atoms. The summed E-state index contributed by atoms with van der Waals surface area (Å²) < 4.78 is 26.0. The van der Waals surface area contributed by atoms with Gasteiger partial charge in [0.15, 0.2) is 5.84 Å². The molecule has 2 atom stereocenters. The first-order valence-electron chi connectivity index (χ1n) is 9.39. The quantitative estimate of drug-likeness (QED) is 0.103. The summed E-state index contributed by atoms with van der Waals surface area (Å²) in [6.07, 6.45) is 1.09. The zero-order chi connectivity index (χ0) is 22.7. The van der Waals surface area contributed by atoms with E-state index in [9.17, 15) is 23.1 Å². The van der Waals surface area contributed by atoms with E-state index in [4.69, 9.17) is 10.9 Å². The number of amidine groups is 1. The van der Waals surface area contributed by atoms with E-state index in [2.05, 4.69) is 20.5 Å². The monoisotopic (exact) mass is 443 g/mol. The van der Waals surface area contributed by atoms with Crippen molar-refractivity contribution in [3.63, 3.8) is 0 Å². The van der Waals surface area contributed by atoms with Crippen molar-refractivity contribution in [2.75, 3.05) is 12.4 Å². The van der Waals surface area contributed by atoms with Crippen molar-refractivity contribution in [1.29, 1.82) is 0 Å². The highest BCUT2D eigenvalue weighted by Crippen LogP contribution is 2.04. The number of nitrogens with zero attached hydrogens (tertiary/aromatic N) is 1. The van der Waals surface area contributed by atoms with Gasteiger partial charge >= 0.3 is 0 Å². The number of amides is 2. The molecule has 1 aromatic carbocycles. The fourth-order valence-electron chi connectivity index (χ4n) is 2.36. The molecule has 11 nitrogen and oxygen atoms in total. The highest BCUT2D eigenvalue weighted by atomic mass is 32.2. The van der Waals surface area contributed by atoms with Crippen LogP contribution in [-0.4, -0.2) is 60.8 Å². The van der Waals surface area contributed by atoms with Gasteiger partial charge in [0.1, 0.15) is 12.1 Å². The average Bonchev–Trinajstić information content (AvgIpc) is 2.73. The number of nitrogens with two attached hydrogens (primary N) is 1. The lowest BCUT2D eigenvalue weighted by Gasteiger charge is -2.19. The second-order valence-corrected chi connectivity index (χ2v) is 8.53. The van der Waals surface area contributed by atoms with E-state index in [0.29, 0.717) is 18.4 Å². The van der Waals surface area contributed by atoms with Gasteiger partial charge in [0.05, 0.1) is 12.4 Å². The molecule has 0 spiro atoms. The molecule has 30 heavy (non-hydrogen) atoms. The SMILES string of the molecule is CCCCS(=O)(=O)N[C@H](CO)C(=O)N[C@@H](C)C(=O)NCc1ccc(/C(N)=N/O)cc1. The summed E-state index contributed by atoms with van der Waals surface area (Å²) in [5.74, 6) is -1.49. The van der Waals surface area contributed by atoms with Crippen molar-refractivity contribution in [2.45, 2.75) is 45.3 Å². The fourth-order valence-corrected chi connectivity index (χ4v) is 3.76. The standard InChI is InChI=1S/C18H29N5O6S/c1-3-4-9-30(28,29)23-15(11-24)18(26)21-12(2)17(25)20-10-13-5-7-14(8-6-13)16(19)22-27/h5-8,12,15,23-24,27H,3-4,9-11H2,1-2H3,(H2,19,22)(H,20,25)(H,21,26)/t12-,15+/m0/s1. The van der Waals surface area contributed by atoms with Gasteiger partial charge in [-0.3, -0.25) is 9.59 Å². The number of sulfonamides is 1. The topological polar surface area (TPSA) is 183 Å². The zero-order valence-corrected chi connectivity index (χ0v) is 17.8. The minimum atomic E-state index is -3.72. The number of carbonyl (C=O) groups is 2. The Morgan fingerprint density at radius 3 is 2.37 bits per heavy atom. The molecular formula is C18H29N5O6S. The van der Waals surface area contributed by atoms with Crippen molar-refractivity contribution in [3.05, 3.63) is 35.4 Å². The summed E-state index contributed by atoms with van der Waals surface area (Å²) >= 11 is 0. The van der Waals surface area contributed by atoms with E-state index in [0.717, 1.165) is 5.56 Å². The van der Waals surface area contributed by atoms with Crippen LogP contribution >= 0.6 is 0 Å². The van der Waals surface area contributed by atoms with Gasteiger partial charge in [-0.1, -0.05) is 42.8 Å². The maximum atomic E-state index is 12.2. The Morgan fingerprint density at radius 2 is 1.83 bits per heavy atom. The molecule has 0 saturated carbocycles. The Morgan fingerprint density at radius 1 is 1.20 bits per heavy atom. The number of hydrogen-bond acceptors (Lipinski definition) is 7. The normalized spacial score (nSPS) is 14.0. The highest BCUT2D eigenvalue weighted by molar-refractivity contribution is 7.89. The van der Waals surface area contributed by atoms with Crippen LogP contribution in [0.3, 0.4) is 0 Å². The first kappa shape index (κ1) is 25.3. The maximum absolute atomic E-state index is 12.2. The molecule has 0 unspecified atom stereocenters. The summed E-state index contributed by atoms with van der Waals surface area (Å²) in [5.41, 5.74) is 6.74. The van der Waals surface area contributed by atoms with Crippen LogP contribution in [0.5, 0.6) is 0 Å². The summed E-state index contributed by atoms with van der Waals surface area (Å²) in [6, 6.07) is 4.28. The predicted octanol–water partition coefficient (Wildman–Crippen LogP) is -1.02. The van der Waals surface area contributed by atoms with Crippen molar-refractivity contribution < 1.29 is 28.3 Å². The fraction of sp³-hybridized carbons (Fsp3) is 0.500. The number of unbranched alkanes of at least 4 members (excludes halogenated alkanes) is 1. The Balaban J connectivity index is 2.58. The van der Waals surface area contributed by atoms with Crippen molar-refractivity contribution in [1.82, 2.24) is 15.4 Å². The minimum absolute atomic E-state index is 0.0364. The summed E-state index contributed by atoms with van der Waals surface area (Å²) in [4.78, 5) is 24.4. The molecule has 0 fully saturated rings. The van der Waals surface area contributed by atoms with E-state index < -0.39 is 40.5 Å². The van der Waals surface area contributed by atoms with E-state index in [1.54, 1.807) is 24.3 Å². The van der Waals surface area contributed by atoms with Gasteiger partial charge in [-0.25, -0.2) is 13.1 Å². The smallest absolute Gasteiger partial charge is 0.242 e. The molecule has 168 valence electrons. The molecule has 0 radical (unpaired) electrons. The summed E-state index contributed by atoms with van der Waals surface area (Å²) in [7, 11) is -3.72. The van der Waals surface area contributed by atoms with Gasteiger partial charge in [-0.05, 0) is 18.9 Å². The number of nitrogens with one attached hydrogen (secondary N) is 3. The van der Waals surface area contributed by atoms with Gasteiger partial charge in [0.2, 0.25) is 21.8 Å². The third-order valence-corrected chi connectivity index (χ3v) is 5.63. The molecule has 1 aromatic rings. The lowest BCUT2D eigenvalue weighted by Crippen LogP contribution is -2.54. The number of carbonyl (C=O) groups excluding carboxylic acids is 2. The molecule has 12 heteroatoms. The molecule has 0 aliphatic heterocycles. The molecule has 2 amide bonds. The molecular weight excluding hydrogens is 414 g/mol. The first-order chi connectivity index (χ1) is 14.1. The van der Waals surface area contributed by atoms with Crippen LogP contribution in [0.2, 0.25) is 0 Å². The van der Waals surface area contributed by atoms with Crippen LogP contribution < -0.4 is 21.1 Å². The number of aliphatic hydroxyl groups excluding tert-OH is 1. The van der Waals surface area contributed by atoms with Crippen molar-refractivity contribution >= 4 is 27.7 Å². The number of benzene rings is 1. The van der Waals surface area contributed by atoms with Crippen LogP contribution in [0, 0.1) is 0 Å². The minimum Gasteiger partial charge on any atom is -0.409 e. The van der Waals surface area contributed by atoms with E-state index in [1.807, 2.05) is 6.92 Å². The van der Waals surface area contributed by atoms with E-state index in [-0.39, 0.29) is 18.1 Å². The molecule has 0 aliphatic rings. The van der Waals surface area contributed by atoms with Gasteiger partial charge in [0.25, 0.3) is 0 Å². The Bertz CT molecular complexity index is 841. The molecule has 0 heterocycles. The van der Waals surface area contributed by atoms with Crippen LogP contribution in [0.4, 0.5) is 0 Å². The molecule has 0 saturated heterocycles. The predicted molar refractivity (Wildman–Crippen MR) is 111 cm³/mol. The largest absolute Gasteiger partial charge is 0.409 e. The Hall–Kier alpha value is -2.70. The number of hydrogen-bond donors (Lipinski definition) is 6. The molecule has 0 aliphatic carbocycles. The number of aliphatic hydroxyl groups is 1. The van der Waals surface area contributed by atoms with Crippen molar-refractivity contribution in [3.8, 4) is 0 Å². The second kappa shape index (κ2) is 12.1. The highest BCUT2D eigenvalue weighted by Gasteiger charge is 2.26. The molecule has 7 N–H and O–H groups in total. The average molecular weight is 444 g/mol. The second-order valence-electron chi connectivity index (χ2n) is 6.66. The zero-order valence-electron chi connectivity index (χ0n) is 17.0. The van der Waals surface area contributed by atoms with Crippen LogP contribution in [-0.2, 0) is 26.2 Å². The summed E-state index contributed by atoms with van der Waals surface area (Å²) in [6.45, 7) is 2.70. The van der Waals surface area contributed by atoms with Gasteiger partial charge in [0, 0.05) is 12.1 Å². The van der Waals surface area contributed by atoms with Crippen LogP contribution in [0.25, 0.3) is 0 Å². The van der Waals surface area contributed by atoms with Gasteiger partial charge in [-0.2, -0.15) is 0 Å². The van der Waals surface area contributed by atoms with E-state index >= 15 is 0 Å². The Labute approximate surface area is 175 Å². The molecule has 0 aromatic heterocycles. The lowest BCUT2D eigenvalue weighted by atomic mass is 10.1. The summed E-state index contributed by atoms with van der Waals surface area (Å²) in [5, 5.41) is 25.9. The van der Waals surface area contributed by atoms with Crippen molar-refractivity contribution in [2.24, 2.45) is 10.9 Å². The van der Waals surface area contributed by atoms with Crippen LogP contribution in [0.1, 0.15) is 37.8 Å². The number of rotatable bonds is 12. The lowest BCUT2D eigenvalue weighted by molar-refractivity contribution is -0.130. The molecule has 1 rings (SSSR count). The Kier molecular flexibility index (Phi) is 10.2. The van der Waals surface area contributed by atoms with Gasteiger partial charge in [-0.15, -0.1) is 0 Å². The van der Waals surface area contributed by atoms with E-state index in [1.165, 1.54) is 6.92 Å². The van der Waals surface area contributed by atoms with Gasteiger partial charge < -0.3 is 26.7 Å². The third kappa shape index (κ3) is 8.35. The first-order valence-corrected chi connectivity index (χ1v) is 11.0. The third-order valence-electron chi connectivity index (χ3n) is 4.16. The maximum Gasteiger partial charge on any atom is 0.242 e.